The zero-order valence-corrected chi connectivity index (χ0v) is 33.1. The van der Waals surface area contributed by atoms with E-state index in [2.05, 4.69) is 72.0 Å². The van der Waals surface area contributed by atoms with Crippen molar-refractivity contribution in [2.75, 3.05) is 33.4 Å². The summed E-state index contributed by atoms with van der Waals surface area (Å²) >= 11 is 0. The van der Waals surface area contributed by atoms with Crippen LogP contribution in [0, 0.1) is 43.4 Å². The number of carbonyl (C=O) groups excluding carboxylic acids is 2. The van der Waals surface area contributed by atoms with E-state index in [9.17, 15) is 14.7 Å². The van der Waals surface area contributed by atoms with Crippen molar-refractivity contribution in [1.82, 2.24) is 10.2 Å². The number of hydrogen-bond donors (Lipinski definition) is 2. The molecule has 1 aliphatic carbocycles. The van der Waals surface area contributed by atoms with Crippen molar-refractivity contribution in [2.45, 2.75) is 123 Å². The molecule has 2 heterocycles. The second-order valence-electron chi connectivity index (χ2n) is 14.4. The van der Waals surface area contributed by atoms with Crippen LogP contribution in [0.5, 0.6) is 0 Å². The van der Waals surface area contributed by atoms with Crippen LogP contribution in [0.25, 0.3) is 0 Å². The predicted octanol–water partition coefficient (Wildman–Crippen LogP) is -0.0744. The van der Waals surface area contributed by atoms with E-state index >= 15 is 0 Å². The fourth-order valence-corrected chi connectivity index (χ4v) is 7.55. The maximum atomic E-state index is 13.0. The van der Waals surface area contributed by atoms with Crippen LogP contribution in [0.4, 0.5) is 4.79 Å². The minimum atomic E-state index is -0.537. The number of allylic oxidation sites excluding steroid dienone is 3. The van der Waals surface area contributed by atoms with Gasteiger partial charge in [-0.1, -0.05) is 39.0 Å². The van der Waals surface area contributed by atoms with E-state index in [4.69, 9.17) is 18.9 Å². The van der Waals surface area contributed by atoms with Crippen LogP contribution in [0.15, 0.2) is 23.8 Å². The number of ether oxygens (including phenoxy) is 4. The van der Waals surface area contributed by atoms with E-state index in [-0.39, 0.29) is 103 Å². The molecule has 0 spiro atoms. The van der Waals surface area contributed by atoms with Crippen molar-refractivity contribution < 1.29 is 76.5 Å². The van der Waals surface area contributed by atoms with Crippen LogP contribution in [0.3, 0.4) is 0 Å². The van der Waals surface area contributed by atoms with E-state index in [0.29, 0.717) is 38.1 Å². The van der Waals surface area contributed by atoms with Gasteiger partial charge < -0.3 is 72.1 Å². The fourth-order valence-electron chi connectivity index (χ4n) is 7.55. The summed E-state index contributed by atoms with van der Waals surface area (Å²) in [7, 11) is 1.64. The van der Waals surface area contributed by atoms with Crippen molar-refractivity contribution >= 4 is 12.0 Å². The molecule has 9 nitrogen and oxygen atoms in total. The molecule has 3 aliphatic rings. The Morgan fingerprint density at radius 3 is 2.33 bits per heavy atom. The molecule has 0 aromatic carbocycles. The van der Waals surface area contributed by atoms with Gasteiger partial charge in [-0.3, -0.25) is 4.79 Å². The van der Waals surface area contributed by atoms with Gasteiger partial charge in [0, 0.05) is 25.5 Å². The molecule has 9 atom stereocenters. The molecular formula is C37H62ILiN2O7-2. The molecule has 1 saturated carbocycles. The zero-order chi connectivity index (χ0) is 34.0. The quantitative estimate of drug-likeness (QED) is 0.0743. The van der Waals surface area contributed by atoms with Gasteiger partial charge in [0.15, 0.2) is 0 Å². The first-order valence-electron chi connectivity index (χ1n) is 17.5. The monoisotopic (exact) mass is 780 g/mol. The van der Waals surface area contributed by atoms with Crippen molar-refractivity contribution in [3.8, 4) is 0 Å². The molecule has 11 heteroatoms. The molecule has 2 aliphatic heterocycles. The number of carbonyl (C=O) groups is 2. The van der Waals surface area contributed by atoms with Crippen molar-refractivity contribution in [2.24, 2.45) is 29.6 Å². The Balaban J connectivity index is 0.00000576. The predicted molar refractivity (Wildman–Crippen MR) is 181 cm³/mol. The molecule has 3 rings (SSSR count). The third-order valence-corrected chi connectivity index (χ3v) is 10.4. The van der Waals surface area contributed by atoms with E-state index in [0.717, 1.165) is 44.9 Å². The van der Waals surface area contributed by atoms with Gasteiger partial charge >= 0.3 is 25.0 Å². The van der Waals surface area contributed by atoms with Gasteiger partial charge in [-0.05, 0) is 89.0 Å². The van der Waals surface area contributed by atoms with E-state index in [1.165, 1.54) is 10.5 Å². The van der Waals surface area contributed by atoms with Crippen LogP contribution in [0.2, 0.25) is 0 Å². The van der Waals surface area contributed by atoms with E-state index < -0.39 is 6.10 Å². The van der Waals surface area contributed by atoms with Crippen LogP contribution in [-0.4, -0.2) is 91.5 Å². The average Bonchev–Trinajstić information content (AvgIpc) is 3.70. The molecule has 272 valence electrons. The van der Waals surface area contributed by atoms with Crippen molar-refractivity contribution in [3.05, 3.63) is 37.6 Å². The first-order chi connectivity index (χ1) is 21.8. The molecule has 0 bridgehead atoms. The summed E-state index contributed by atoms with van der Waals surface area (Å²) in [6.07, 6.45) is 11.7. The smallest absolute Gasteiger partial charge is 1.00 e. The van der Waals surface area contributed by atoms with Crippen LogP contribution in [0.1, 0.15) is 86.5 Å². The van der Waals surface area contributed by atoms with E-state index in [1.807, 2.05) is 0 Å². The summed E-state index contributed by atoms with van der Waals surface area (Å²) in [5.41, 5.74) is 0.988. The second kappa shape index (κ2) is 21.7. The number of halogens is 1. The number of aliphatic hydroxyl groups excluding tert-OH is 1. The maximum absolute atomic E-state index is 13.0. The Morgan fingerprint density at radius 1 is 1.10 bits per heavy atom. The molecule has 0 unspecified atom stereocenters. The molecule has 0 aromatic rings. The normalized spacial score (nSPS) is 31.4. The fraction of sp³-hybridized carbons (Fsp3) is 0.784. The van der Waals surface area contributed by atoms with Crippen molar-refractivity contribution in [1.29, 1.82) is 0 Å². The largest absolute Gasteiger partial charge is 1.00 e. The number of epoxide rings is 1. The summed E-state index contributed by atoms with van der Waals surface area (Å²) in [5.74, 6) is 1.25. The second-order valence-corrected chi connectivity index (χ2v) is 14.4. The van der Waals surface area contributed by atoms with Crippen LogP contribution in [-0.2, 0) is 23.7 Å². The van der Waals surface area contributed by atoms with Crippen LogP contribution >= 0.6 is 0 Å². The first kappa shape index (κ1) is 45.4. The Morgan fingerprint density at radius 2 is 1.75 bits per heavy atom. The van der Waals surface area contributed by atoms with Crippen LogP contribution < -0.4 is 48.2 Å². The number of amides is 2. The molecule has 3 fully saturated rings. The zero-order valence-electron chi connectivity index (χ0n) is 30.9. The summed E-state index contributed by atoms with van der Waals surface area (Å²) in [4.78, 5) is 26.5. The Labute approximate surface area is 320 Å². The van der Waals surface area contributed by atoms with Crippen molar-refractivity contribution in [3.63, 3.8) is 0 Å². The molecule has 2 saturated heterocycles. The number of hydrogen-bond acceptors (Lipinski definition) is 7. The molecule has 2 amide bonds. The molecular weight excluding hydrogens is 718 g/mol. The molecule has 0 radical (unpaired) electrons. The first-order valence-corrected chi connectivity index (χ1v) is 17.5. The standard InChI is InChI=1S/C37H62N2O7.HI.Li/c1-10-39(11-2)36(42)44-23-29-16-18-30(19-17-29)35(41)38-22-31-20-15-26(5)32(45-31)25(4)14-12-13-24(3)21-37(8)34(46-37)27(6)33(43-9)28(7)40;;/h12-14,24,26-34,40H,1-2,10-11,15-23H2,3-9H3,(H,38,41);1H;/q-2;;+1/p-1/b13-12+,25-14+;;/t24-,26+,27-,28-,29?,30?,31-,32-,33-,34-,37-;;/m1../s1. The third kappa shape index (κ3) is 13.2. The summed E-state index contributed by atoms with van der Waals surface area (Å²) in [6, 6.07) is 0. The number of nitrogens with zero attached hydrogens (tertiary/aromatic N) is 1. The Hall–Kier alpha value is -0.613. The number of rotatable bonds is 16. The minimum absolute atomic E-state index is 0. The van der Waals surface area contributed by atoms with E-state index in [1.54, 1.807) is 14.0 Å². The van der Waals surface area contributed by atoms with Gasteiger partial charge in [-0.25, -0.2) is 4.79 Å². The third-order valence-electron chi connectivity index (χ3n) is 10.4. The summed E-state index contributed by atoms with van der Waals surface area (Å²) in [5, 5.41) is 13.2. The number of nitrogens with one attached hydrogen (secondary N) is 1. The minimum Gasteiger partial charge on any atom is -1.00 e. The molecule has 2 N–H and O–H groups in total. The molecule has 48 heavy (non-hydrogen) atoms. The number of methoxy groups -OCH3 is 1. The topological polar surface area (TPSA) is 110 Å². The number of aliphatic hydroxyl groups is 1. The van der Waals surface area contributed by atoms with Gasteiger partial charge in [-0.15, -0.1) is 13.1 Å². The van der Waals surface area contributed by atoms with Gasteiger partial charge in [0.2, 0.25) is 5.91 Å². The molecule has 0 aromatic heterocycles. The summed E-state index contributed by atoms with van der Waals surface area (Å²) in [6.45, 7) is 21.6. The maximum Gasteiger partial charge on any atom is 1.00 e. The Kier molecular flexibility index (Phi) is 20.5. The summed E-state index contributed by atoms with van der Waals surface area (Å²) < 4.78 is 23.6. The Bertz CT molecular complexity index is 1030. The van der Waals surface area contributed by atoms with Gasteiger partial charge in [0.05, 0.1) is 42.7 Å². The van der Waals surface area contributed by atoms with Gasteiger partial charge in [-0.2, -0.15) is 0 Å². The average molecular weight is 781 g/mol. The van der Waals surface area contributed by atoms with Gasteiger partial charge in [0.1, 0.15) is 0 Å². The van der Waals surface area contributed by atoms with Gasteiger partial charge in [0.25, 0.3) is 0 Å². The SMILES string of the molecule is [CH2-]CN(C[CH2-])C(=O)OCC1CCC(C(=O)NC[C@H]2CC[C@H](C)[C@@H](/C(C)=C/C=C/[C@@H](C)C[C@@]3(C)O[C@@H]3[C@H](C)[C@@H](OC)[C@@H](C)O)O2)CC1.[I-].[Li+].